The second kappa shape index (κ2) is 4.77. The third-order valence-corrected chi connectivity index (χ3v) is 3.76. The van der Waals surface area contributed by atoms with Crippen LogP contribution in [0.3, 0.4) is 0 Å². The topological polar surface area (TPSA) is 25.8 Å². The van der Waals surface area contributed by atoms with Crippen LogP contribution in [-0.2, 0) is 0 Å². The number of aromatic nitrogens is 2. The van der Waals surface area contributed by atoms with Crippen molar-refractivity contribution in [1.82, 2.24) is 9.59 Å². The van der Waals surface area contributed by atoms with Gasteiger partial charge in [-0.2, -0.15) is 0 Å². The minimum atomic E-state index is 0.565. The fraction of sp³-hybridized carbons (Fsp3) is 0.273. The van der Waals surface area contributed by atoms with E-state index >= 15 is 0 Å². The first-order valence-electron chi connectivity index (χ1n) is 4.82. The summed E-state index contributed by atoms with van der Waals surface area (Å²) in [5, 5.41) is 4.75. The van der Waals surface area contributed by atoms with E-state index < -0.39 is 0 Å². The van der Waals surface area contributed by atoms with Gasteiger partial charge in [-0.1, -0.05) is 48.7 Å². The first kappa shape index (κ1) is 10.6. The minimum absolute atomic E-state index is 0.565. The zero-order valence-electron chi connectivity index (χ0n) is 8.68. The maximum atomic E-state index is 4.19. The Labute approximate surface area is 97.9 Å². The summed E-state index contributed by atoms with van der Waals surface area (Å²) in [6, 6.07) is 10.2. The first-order valence-corrected chi connectivity index (χ1v) is 6.47. The number of hydrogen-bond acceptors (Lipinski definition) is 4. The Hall–Kier alpha value is -0.870. The molecule has 0 aliphatic heterocycles. The van der Waals surface area contributed by atoms with Crippen LogP contribution in [0, 0.1) is 0 Å². The molecule has 0 atom stereocenters. The summed E-state index contributed by atoms with van der Waals surface area (Å²) < 4.78 is 5.23. The van der Waals surface area contributed by atoms with Gasteiger partial charge in [-0.3, -0.25) is 0 Å². The molecule has 2 aromatic rings. The Balaban J connectivity index is 2.33. The smallest absolute Gasteiger partial charge is 0.119 e. The van der Waals surface area contributed by atoms with E-state index in [4.69, 9.17) is 0 Å². The average Bonchev–Trinajstić information content (AvgIpc) is 2.66. The third-order valence-electron chi connectivity index (χ3n) is 1.85. The predicted molar refractivity (Wildman–Crippen MR) is 66.3 cm³/mol. The monoisotopic (exact) mass is 236 g/mol. The maximum absolute atomic E-state index is 4.19. The molecule has 2 rings (SSSR count). The van der Waals surface area contributed by atoms with Crippen LogP contribution in [0.25, 0.3) is 11.3 Å². The van der Waals surface area contributed by atoms with E-state index in [9.17, 15) is 0 Å². The number of nitrogens with zero attached hydrogens (tertiary/aromatic N) is 2. The summed E-state index contributed by atoms with van der Waals surface area (Å²) in [5.41, 5.74) is 2.16. The normalized spacial score (nSPS) is 10.9. The van der Waals surface area contributed by atoms with E-state index in [2.05, 4.69) is 35.6 Å². The molecule has 0 unspecified atom stereocenters. The SMILES string of the molecule is CC(C)Sc1snnc1-c1ccccc1. The Morgan fingerprint density at radius 1 is 1.20 bits per heavy atom. The molecular weight excluding hydrogens is 224 g/mol. The van der Waals surface area contributed by atoms with Gasteiger partial charge in [0, 0.05) is 10.8 Å². The summed E-state index contributed by atoms with van der Waals surface area (Å²) in [5.74, 6) is 0. The van der Waals surface area contributed by atoms with Crippen LogP contribution in [0.1, 0.15) is 13.8 Å². The minimum Gasteiger partial charge on any atom is -0.137 e. The van der Waals surface area contributed by atoms with Crippen LogP contribution < -0.4 is 0 Å². The van der Waals surface area contributed by atoms with Crippen molar-refractivity contribution in [3.8, 4) is 11.3 Å². The second-order valence-electron chi connectivity index (χ2n) is 3.44. The molecule has 4 heteroatoms. The lowest BCUT2D eigenvalue weighted by Gasteiger charge is -2.03. The lowest BCUT2D eigenvalue weighted by atomic mass is 10.2. The van der Waals surface area contributed by atoms with E-state index in [1.165, 1.54) is 15.7 Å². The lowest BCUT2D eigenvalue weighted by molar-refractivity contribution is 1.11. The van der Waals surface area contributed by atoms with E-state index in [1.807, 2.05) is 30.0 Å². The molecule has 0 fully saturated rings. The highest BCUT2D eigenvalue weighted by atomic mass is 32.2. The quantitative estimate of drug-likeness (QED) is 0.760. The summed E-state index contributed by atoms with van der Waals surface area (Å²) in [6.45, 7) is 4.36. The summed E-state index contributed by atoms with van der Waals surface area (Å²) in [7, 11) is 0. The zero-order valence-corrected chi connectivity index (χ0v) is 10.3. The summed E-state index contributed by atoms with van der Waals surface area (Å²) in [6.07, 6.45) is 0. The molecule has 0 bridgehead atoms. The van der Waals surface area contributed by atoms with E-state index in [1.54, 1.807) is 0 Å². The Morgan fingerprint density at radius 3 is 2.60 bits per heavy atom. The number of benzene rings is 1. The van der Waals surface area contributed by atoms with Gasteiger partial charge in [0.1, 0.15) is 9.90 Å². The lowest BCUT2D eigenvalue weighted by Crippen LogP contribution is -1.86. The maximum Gasteiger partial charge on any atom is 0.119 e. The van der Waals surface area contributed by atoms with Crippen LogP contribution in [0.15, 0.2) is 34.5 Å². The molecular formula is C11H12N2S2. The number of thioether (sulfide) groups is 1. The number of hydrogen-bond donors (Lipinski definition) is 0. The van der Waals surface area contributed by atoms with Gasteiger partial charge in [0.2, 0.25) is 0 Å². The Kier molecular flexibility index (Phi) is 3.38. The van der Waals surface area contributed by atoms with E-state index in [0.717, 1.165) is 11.3 Å². The fourth-order valence-electron chi connectivity index (χ4n) is 1.25. The van der Waals surface area contributed by atoms with Crippen molar-refractivity contribution in [2.45, 2.75) is 23.3 Å². The third kappa shape index (κ3) is 2.58. The average molecular weight is 236 g/mol. The molecule has 0 spiro atoms. The van der Waals surface area contributed by atoms with Crippen molar-refractivity contribution < 1.29 is 0 Å². The Morgan fingerprint density at radius 2 is 1.93 bits per heavy atom. The highest BCUT2D eigenvalue weighted by Gasteiger charge is 2.11. The number of rotatable bonds is 3. The molecule has 1 aromatic carbocycles. The van der Waals surface area contributed by atoms with Crippen LogP contribution in [0.4, 0.5) is 0 Å². The van der Waals surface area contributed by atoms with Gasteiger partial charge in [0.05, 0.1) is 0 Å². The predicted octanol–water partition coefficient (Wildman–Crippen LogP) is 3.71. The summed E-state index contributed by atoms with van der Waals surface area (Å²) >= 11 is 3.29. The Bertz CT molecular complexity index is 423. The van der Waals surface area contributed by atoms with Gasteiger partial charge in [0.25, 0.3) is 0 Å². The fourth-order valence-corrected chi connectivity index (χ4v) is 3.24. The van der Waals surface area contributed by atoms with Gasteiger partial charge in [-0.25, -0.2) is 0 Å². The van der Waals surface area contributed by atoms with Crippen molar-refractivity contribution in [2.75, 3.05) is 0 Å². The molecule has 1 aromatic heterocycles. The van der Waals surface area contributed by atoms with Crippen molar-refractivity contribution in [3.63, 3.8) is 0 Å². The van der Waals surface area contributed by atoms with Crippen LogP contribution in [0.2, 0.25) is 0 Å². The molecule has 0 radical (unpaired) electrons. The first-order chi connectivity index (χ1) is 7.27. The van der Waals surface area contributed by atoms with Crippen molar-refractivity contribution in [2.24, 2.45) is 0 Å². The second-order valence-corrected chi connectivity index (χ2v) is 6.04. The highest BCUT2D eigenvalue weighted by Crippen LogP contribution is 2.34. The van der Waals surface area contributed by atoms with Crippen LogP contribution >= 0.6 is 23.3 Å². The standard InChI is InChI=1S/C11H12N2S2/c1-8(2)14-11-10(12-13-15-11)9-6-4-3-5-7-9/h3-8H,1-2H3. The van der Waals surface area contributed by atoms with Crippen LogP contribution in [0.5, 0.6) is 0 Å². The molecule has 0 N–H and O–H groups in total. The van der Waals surface area contributed by atoms with E-state index in [0.29, 0.717) is 5.25 Å². The molecule has 0 aliphatic carbocycles. The molecule has 1 heterocycles. The van der Waals surface area contributed by atoms with Crippen molar-refractivity contribution >= 4 is 23.3 Å². The van der Waals surface area contributed by atoms with Crippen LogP contribution in [-0.4, -0.2) is 14.8 Å². The van der Waals surface area contributed by atoms with Crippen molar-refractivity contribution in [3.05, 3.63) is 30.3 Å². The van der Waals surface area contributed by atoms with Gasteiger partial charge in [0.15, 0.2) is 0 Å². The molecule has 0 saturated heterocycles. The zero-order chi connectivity index (χ0) is 10.7. The molecule has 0 saturated carbocycles. The molecule has 2 nitrogen and oxygen atoms in total. The van der Waals surface area contributed by atoms with Gasteiger partial charge >= 0.3 is 0 Å². The molecule has 0 amide bonds. The van der Waals surface area contributed by atoms with Crippen molar-refractivity contribution in [1.29, 1.82) is 0 Å². The van der Waals surface area contributed by atoms with Gasteiger partial charge in [-0.05, 0) is 11.5 Å². The molecule has 0 aliphatic rings. The van der Waals surface area contributed by atoms with Gasteiger partial charge in [-0.15, -0.1) is 16.9 Å². The van der Waals surface area contributed by atoms with E-state index in [-0.39, 0.29) is 0 Å². The van der Waals surface area contributed by atoms with Gasteiger partial charge < -0.3 is 0 Å². The molecule has 78 valence electrons. The molecule has 15 heavy (non-hydrogen) atoms. The highest BCUT2D eigenvalue weighted by molar-refractivity contribution is 8.01. The summed E-state index contributed by atoms with van der Waals surface area (Å²) in [4.78, 5) is 0. The largest absolute Gasteiger partial charge is 0.137 e.